The van der Waals surface area contributed by atoms with Gasteiger partial charge >= 0.3 is 0 Å². The monoisotopic (exact) mass is 171 g/mol. The lowest BCUT2D eigenvalue weighted by atomic mass is 10.2. The third-order valence-electron chi connectivity index (χ3n) is 1.86. The maximum absolute atomic E-state index is 11.2. The van der Waals surface area contributed by atoms with Gasteiger partial charge in [-0.15, -0.1) is 11.8 Å². The first-order chi connectivity index (χ1) is 5.29. The van der Waals surface area contributed by atoms with Crippen LogP contribution in [-0.4, -0.2) is 27.9 Å². The smallest absolute Gasteiger partial charge is 0.229 e. The molecule has 60 valence electrons. The summed E-state index contributed by atoms with van der Waals surface area (Å²) in [6.07, 6.45) is 2.80. The summed E-state index contributed by atoms with van der Waals surface area (Å²) in [6, 6.07) is 0. The van der Waals surface area contributed by atoms with Gasteiger partial charge in [0.05, 0.1) is 5.03 Å². The van der Waals surface area contributed by atoms with Gasteiger partial charge in [0.1, 0.15) is 6.23 Å². The molecule has 0 aromatic rings. The zero-order valence-electron chi connectivity index (χ0n) is 5.99. The number of allylic oxidation sites excluding steroid dienone is 1. The fourth-order valence-electron chi connectivity index (χ4n) is 1.34. The number of amides is 1. The van der Waals surface area contributed by atoms with E-state index < -0.39 is 6.23 Å². The van der Waals surface area contributed by atoms with Crippen molar-refractivity contribution in [1.82, 2.24) is 4.90 Å². The van der Waals surface area contributed by atoms with Gasteiger partial charge in [0, 0.05) is 12.2 Å². The van der Waals surface area contributed by atoms with Crippen molar-refractivity contribution in [2.75, 3.05) is 5.75 Å². The molecule has 2 heterocycles. The van der Waals surface area contributed by atoms with Crippen molar-refractivity contribution in [2.24, 2.45) is 0 Å². The number of thioether (sulfide) groups is 1. The maximum Gasteiger partial charge on any atom is 0.229 e. The van der Waals surface area contributed by atoms with Crippen LogP contribution in [0.25, 0.3) is 0 Å². The van der Waals surface area contributed by atoms with Crippen LogP contribution in [0.1, 0.15) is 12.8 Å². The first-order valence-electron chi connectivity index (χ1n) is 3.62. The Hall–Kier alpha value is -0.480. The highest BCUT2D eigenvalue weighted by molar-refractivity contribution is 8.03. The summed E-state index contributed by atoms with van der Waals surface area (Å²) in [5.74, 6) is 0.678. The van der Waals surface area contributed by atoms with Gasteiger partial charge in [-0.1, -0.05) is 6.08 Å². The fraction of sp³-hybridized carbons (Fsp3) is 0.571. The SMILES string of the molecule is O=C1CCC=C2SCC(O)N12. The number of aliphatic hydroxyl groups is 1. The number of aliphatic hydroxyl groups excluding tert-OH is 1. The van der Waals surface area contributed by atoms with Crippen molar-refractivity contribution < 1.29 is 9.90 Å². The summed E-state index contributed by atoms with van der Waals surface area (Å²) in [4.78, 5) is 12.7. The van der Waals surface area contributed by atoms with Crippen molar-refractivity contribution >= 4 is 17.7 Å². The Morgan fingerprint density at radius 3 is 3.27 bits per heavy atom. The molecule has 1 unspecified atom stereocenters. The third kappa shape index (κ3) is 1.06. The van der Waals surface area contributed by atoms with Crippen molar-refractivity contribution in [1.29, 1.82) is 0 Å². The van der Waals surface area contributed by atoms with Crippen LogP contribution in [0, 0.1) is 0 Å². The predicted molar refractivity (Wildman–Crippen MR) is 42.6 cm³/mol. The number of carbonyl (C=O) groups excluding carboxylic acids is 1. The summed E-state index contributed by atoms with van der Waals surface area (Å²) in [7, 11) is 0. The van der Waals surface area contributed by atoms with Crippen molar-refractivity contribution in [3.05, 3.63) is 11.1 Å². The van der Waals surface area contributed by atoms with E-state index in [2.05, 4.69) is 0 Å². The Morgan fingerprint density at radius 2 is 2.55 bits per heavy atom. The van der Waals surface area contributed by atoms with Crippen LogP contribution in [0.3, 0.4) is 0 Å². The molecule has 0 spiro atoms. The summed E-state index contributed by atoms with van der Waals surface area (Å²) < 4.78 is 0. The summed E-state index contributed by atoms with van der Waals surface area (Å²) in [5.41, 5.74) is 0. The molecule has 0 bridgehead atoms. The standard InChI is InChI=1S/C7H9NO2S/c9-5-2-1-3-7-8(5)6(10)4-11-7/h3,6,10H,1-2,4H2. The van der Waals surface area contributed by atoms with Crippen LogP contribution in [0.2, 0.25) is 0 Å². The van der Waals surface area contributed by atoms with E-state index in [0.717, 1.165) is 11.4 Å². The minimum Gasteiger partial charge on any atom is -0.372 e. The van der Waals surface area contributed by atoms with Gasteiger partial charge in [-0.3, -0.25) is 9.69 Å². The average molecular weight is 171 g/mol. The number of hydrogen-bond donors (Lipinski definition) is 1. The molecule has 0 aromatic heterocycles. The number of rotatable bonds is 0. The van der Waals surface area contributed by atoms with E-state index in [1.165, 1.54) is 4.90 Å². The van der Waals surface area contributed by atoms with Crippen LogP contribution in [0.5, 0.6) is 0 Å². The molecule has 3 nitrogen and oxygen atoms in total. The van der Waals surface area contributed by atoms with Crippen LogP contribution in [0.4, 0.5) is 0 Å². The predicted octanol–water partition coefficient (Wildman–Crippen LogP) is 0.515. The van der Waals surface area contributed by atoms with E-state index in [4.69, 9.17) is 0 Å². The van der Waals surface area contributed by atoms with Gasteiger partial charge < -0.3 is 5.11 Å². The first-order valence-corrected chi connectivity index (χ1v) is 4.60. The molecule has 1 saturated heterocycles. The lowest BCUT2D eigenvalue weighted by Gasteiger charge is -2.23. The topological polar surface area (TPSA) is 40.5 Å². The molecule has 1 amide bonds. The number of fused-ring (bicyclic) bond motifs is 1. The molecule has 2 aliphatic rings. The quantitative estimate of drug-likeness (QED) is 0.577. The van der Waals surface area contributed by atoms with Gasteiger partial charge in [-0.05, 0) is 6.42 Å². The van der Waals surface area contributed by atoms with Gasteiger partial charge in [-0.2, -0.15) is 0 Å². The van der Waals surface area contributed by atoms with E-state index in [1.807, 2.05) is 6.08 Å². The lowest BCUT2D eigenvalue weighted by molar-refractivity contribution is -0.135. The Kier molecular flexibility index (Phi) is 1.65. The van der Waals surface area contributed by atoms with Gasteiger partial charge in [-0.25, -0.2) is 0 Å². The largest absolute Gasteiger partial charge is 0.372 e. The zero-order valence-corrected chi connectivity index (χ0v) is 6.80. The highest BCUT2D eigenvalue weighted by Gasteiger charge is 2.33. The molecule has 2 aliphatic heterocycles. The first kappa shape index (κ1) is 7.18. The molecule has 0 radical (unpaired) electrons. The Balaban J connectivity index is 2.29. The van der Waals surface area contributed by atoms with Crippen LogP contribution < -0.4 is 0 Å². The van der Waals surface area contributed by atoms with Gasteiger partial charge in [0.2, 0.25) is 5.91 Å². The van der Waals surface area contributed by atoms with E-state index in [-0.39, 0.29) is 5.91 Å². The van der Waals surface area contributed by atoms with Gasteiger partial charge in [0.15, 0.2) is 0 Å². The van der Waals surface area contributed by atoms with Crippen molar-refractivity contribution in [2.45, 2.75) is 19.1 Å². The zero-order chi connectivity index (χ0) is 7.84. The van der Waals surface area contributed by atoms with E-state index in [0.29, 0.717) is 12.2 Å². The Bertz CT molecular complexity index is 226. The highest BCUT2D eigenvalue weighted by atomic mass is 32.2. The summed E-state index contributed by atoms with van der Waals surface area (Å²) in [5, 5.41) is 10.3. The molecule has 0 saturated carbocycles. The molecular formula is C7H9NO2S. The maximum atomic E-state index is 11.2. The molecule has 11 heavy (non-hydrogen) atoms. The molecule has 1 N–H and O–H groups in total. The minimum absolute atomic E-state index is 0.0556. The second-order valence-electron chi connectivity index (χ2n) is 2.64. The number of carbonyl (C=O) groups is 1. The molecule has 1 atom stereocenters. The molecule has 0 aromatic carbocycles. The van der Waals surface area contributed by atoms with Crippen molar-refractivity contribution in [3.8, 4) is 0 Å². The normalized spacial score (nSPS) is 30.3. The third-order valence-corrected chi connectivity index (χ3v) is 2.99. The molecule has 4 heteroatoms. The molecule has 2 rings (SSSR count). The Morgan fingerprint density at radius 1 is 1.73 bits per heavy atom. The molecule has 0 aliphatic carbocycles. The fourth-order valence-corrected chi connectivity index (χ4v) is 2.40. The minimum atomic E-state index is -0.584. The van der Waals surface area contributed by atoms with E-state index >= 15 is 0 Å². The highest BCUT2D eigenvalue weighted by Crippen LogP contribution is 2.35. The molecule has 1 fully saturated rings. The molecular weight excluding hydrogens is 162 g/mol. The van der Waals surface area contributed by atoms with E-state index in [1.54, 1.807) is 11.8 Å². The summed E-state index contributed by atoms with van der Waals surface area (Å²) >= 11 is 1.55. The van der Waals surface area contributed by atoms with Gasteiger partial charge in [0.25, 0.3) is 0 Å². The van der Waals surface area contributed by atoms with E-state index in [9.17, 15) is 9.90 Å². The number of hydrogen-bond acceptors (Lipinski definition) is 3. The van der Waals surface area contributed by atoms with Crippen molar-refractivity contribution in [3.63, 3.8) is 0 Å². The summed E-state index contributed by atoms with van der Waals surface area (Å²) in [6.45, 7) is 0. The van der Waals surface area contributed by atoms with Crippen LogP contribution in [-0.2, 0) is 4.79 Å². The second kappa shape index (κ2) is 2.53. The lowest BCUT2D eigenvalue weighted by Crippen LogP contribution is -2.36. The average Bonchev–Trinajstić information content (AvgIpc) is 2.34. The second-order valence-corrected chi connectivity index (χ2v) is 3.68. The van der Waals surface area contributed by atoms with Crippen LogP contribution in [0.15, 0.2) is 11.1 Å². The number of nitrogens with zero attached hydrogens (tertiary/aromatic N) is 1. The Labute approximate surface area is 69.1 Å². The van der Waals surface area contributed by atoms with Crippen LogP contribution >= 0.6 is 11.8 Å².